The molecule has 5 heteroatoms. The van der Waals surface area contributed by atoms with E-state index >= 15 is 0 Å². The van der Waals surface area contributed by atoms with Gasteiger partial charge in [-0.2, -0.15) is 0 Å². The summed E-state index contributed by atoms with van der Waals surface area (Å²) in [6.07, 6.45) is 0.846. The summed E-state index contributed by atoms with van der Waals surface area (Å²) in [4.78, 5) is 26.3. The molecule has 0 bridgehead atoms. The fourth-order valence-electron chi connectivity index (χ4n) is 2.93. The second-order valence-electron chi connectivity index (χ2n) is 6.37. The molecule has 130 valence electrons. The highest BCUT2D eigenvalue weighted by Gasteiger charge is 2.25. The zero-order valence-electron chi connectivity index (χ0n) is 14.4. The molecule has 0 fully saturated rings. The van der Waals surface area contributed by atoms with E-state index in [-0.39, 0.29) is 11.8 Å². The lowest BCUT2D eigenvalue weighted by atomic mass is 10.1. The maximum absolute atomic E-state index is 12.8. The number of amides is 2. The average molecular weight is 357 g/mol. The highest BCUT2D eigenvalue weighted by atomic mass is 35.5. The van der Waals surface area contributed by atoms with Crippen molar-refractivity contribution in [2.75, 3.05) is 11.4 Å². The summed E-state index contributed by atoms with van der Waals surface area (Å²) in [5.74, 6) is -0.191. The van der Waals surface area contributed by atoms with Gasteiger partial charge in [-0.3, -0.25) is 9.59 Å². The molecule has 0 saturated heterocycles. The lowest BCUT2D eigenvalue weighted by Crippen LogP contribution is -2.30. The number of hydrogen-bond donors (Lipinski definition) is 1. The molecule has 2 amide bonds. The van der Waals surface area contributed by atoms with Crippen molar-refractivity contribution >= 4 is 29.1 Å². The van der Waals surface area contributed by atoms with Gasteiger partial charge >= 0.3 is 0 Å². The molecule has 2 aromatic carbocycles. The van der Waals surface area contributed by atoms with E-state index in [1.165, 1.54) is 0 Å². The molecular weight excluding hydrogens is 336 g/mol. The molecule has 1 unspecified atom stereocenters. The number of halogens is 1. The first-order valence-electron chi connectivity index (χ1n) is 8.38. The standard InChI is InChI=1S/C20H21ClN2O2/c1-13-3-6-17(7-4-13)20(25)23-10-9-16-8-5-15(11-18(16)23)12-22-19(24)14(2)21/h3-8,11,14H,9-10,12H2,1-2H3,(H,22,24). The summed E-state index contributed by atoms with van der Waals surface area (Å²) < 4.78 is 0. The Morgan fingerprint density at radius 3 is 2.60 bits per heavy atom. The van der Waals surface area contributed by atoms with Crippen LogP contribution in [0.25, 0.3) is 0 Å². The van der Waals surface area contributed by atoms with Gasteiger partial charge in [-0.1, -0.05) is 29.8 Å². The Labute approximate surface area is 152 Å². The van der Waals surface area contributed by atoms with Crippen molar-refractivity contribution in [3.05, 3.63) is 64.7 Å². The van der Waals surface area contributed by atoms with Crippen LogP contribution in [0, 0.1) is 6.92 Å². The second kappa shape index (κ2) is 7.28. The predicted octanol–water partition coefficient (Wildman–Crippen LogP) is 3.44. The van der Waals surface area contributed by atoms with Crippen LogP contribution in [0.3, 0.4) is 0 Å². The van der Waals surface area contributed by atoms with E-state index in [1.54, 1.807) is 6.92 Å². The summed E-state index contributed by atoms with van der Waals surface area (Å²) >= 11 is 5.77. The lowest BCUT2D eigenvalue weighted by molar-refractivity contribution is -0.120. The smallest absolute Gasteiger partial charge is 0.258 e. The first kappa shape index (κ1) is 17.5. The number of carbonyl (C=O) groups excluding carboxylic acids is 2. The van der Waals surface area contributed by atoms with Gasteiger partial charge in [-0.15, -0.1) is 11.6 Å². The fourth-order valence-corrected chi connectivity index (χ4v) is 3.00. The van der Waals surface area contributed by atoms with Crippen molar-refractivity contribution in [3.63, 3.8) is 0 Å². The number of carbonyl (C=O) groups is 2. The zero-order chi connectivity index (χ0) is 18.0. The predicted molar refractivity (Wildman–Crippen MR) is 100 cm³/mol. The molecule has 0 saturated carbocycles. The first-order valence-corrected chi connectivity index (χ1v) is 8.81. The van der Waals surface area contributed by atoms with Gasteiger partial charge in [0.25, 0.3) is 5.91 Å². The topological polar surface area (TPSA) is 49.4 Å². The number of benzene rings is 2. The molecule has 2 aromatic rings. The van der Waals surface area contributed by atoms with Crippen LogP contribution < -0.4 is 10.2 Å². The van der Waals surface area contributed by atoms with Crippen LogP contribution in [-0.4, -0.2) is 23.7 Å². The Bertz CT molecular complexity index is 800. The zero-order valence-corrected chi connectivity index (χ0v) is 15.1. The van der Waals surface area contributed by atoms with Gasteiger partial charge in [0.05, 0.1) is 0 Å². The van der Waals surface area contributed by atoms with Crippen molar-refractivity contribution in [3.8, 4) is 0 Å². The number of hydrogen-bond acceptors (Lipinski definition) is 2. The molecule has 3 rings (SSSR count). The van der Waals surface area contributed by atoms with Gasteiger partial charge < -0.3 is 10.2 Å². The van der Waals surface area contributed by atoms with Crippen LogP contribution in [0.4, 0.5) is 5.69 Å². The highest BCUT2D eigenvalue weighted by molar-refractivity contribution is 6.30. The Balaban J connectivity index is 1.78. The number of alkyl halides is 1. The summed E-state index contributed by atoms with van der Waals surface area (Å²) in [5.41, 5.74) is 4.85. The maximum Gasteiger partial charge on any atom is 0.258 e. The molecular formula is C20H21ClN2O2. The third-order valence-corrected chi connectivity index (χ3v) is 4.62. The summed E-state index contributed by atoms with van der Waals surface area (Å²) in [7, 11) is 0. The third-order valence-electron chi connectivity index (χ3n) is 4.42. The number of nitrogens with one attached hydrogen (secondary N) is 1. The summed E-state index contributed by atoms with van der Waals surface area (Å²) in [5, 5.41) is 2.24. The van der Waals surface area contributed by atoms with Crippen molar-refractivity contribution in [2.24, 2.45) is 0 Å². The number of rotatable bonds is 4. The molecule has 1 N–H and O–H groups in total. The molecule has 1 heterocycles. The molecule has 0 spiro atoms. The van der Waals surface area contributed by atoms with Crippen LogP contribution in [0.15, 0.2) is 42.5 Å². The Morgan fingerprint density at radius 1 is 1.20 bits per heavy atom. The highest BCUT2D eigenvalue weighted by Crippen LogP contribution is 2.30. The van der Waals surface area contributed by atoms with Crippen LogP contribution in [0.5, 0.6) is 0 Å². The van der Waals surface area contributed by atoms with Crippen molar-refractivity contribution in [1.82, 2.24) is 5.32 Å². The SMILES string of the molecule is Cc1ccc(C(=O)N2CCc3ccc(CNC(=O)C(C)Cl)cc32)cc1. The van der Waals surface area contributed by atoms with E-state index in [9.17, 15) is 9.59 Å². The largest absolute Gasteiger partial charge is 0.351 e. The first-order chi connectivity index (χ1) is 12.0. The number of fused-ring (bicyclic) bond motifs is 1. The van der Waals surface area contributed by atoms with Crippen LogP contribution in [-0.2, 0) is 17.8 Å². The molecule has 25 heavy (non-hydrogen) atoms. The van der Waals surface area contributed by atoms with Gasteiger partial charge in [-0.25, -0.2) is 0 Å². The monoisotopic (exact) mass is 356 g/mol. The van der Waals surface area contributed by atoms with Crippen LogP contribution >= 0.6 is 11.6 Å². The van der Waals surface area contributed by atoms with Gasteiger partial charge in [-0.05, 0) is 49.6 Å². The third kappa shape index (κ3) is 3.85. The summed E-state index contributed by atoms with van der Waals surface area (Å²) in [6.45, 7) is 4.72. The van der Waals surface area contributed by atoms with Gasteiger partial charge in [0.1, 0.15) is 5.38 Å². The quantitative estimate of drug-likeness (QED) is 0.853. The van der Waals surface area contributed by atoms with E-state index in [2.05, 4.69) is 5.32 Å². The molecule has 0 aromatic heterocycles. The molecule has 4 nitrogen and oxygen atoms in total. The summed E-state index contributed by atoms with van der Waals surface area (Å²) in [6, 6.07) is 13.6. The fraction of sp³-hybridized carbons (Fsp3) is 0.300. The van der Waals surface area contributed by atoms with E-state index in [0.29, 0.717) is 18.7 Å². The lowest BCUT2D eigenvalue weighted by Gasteiger charge is -2.18. The minimum Gasteiger partial charge on any atom is -0.351 e. The Hall–Kier alpha value is -2.33. The van der Waals surface area contributed by atoms with E-state index in [4.69, 9.17) is 11.6 Å². The minimum absolute atomic E-state index is 0.00863. The molecule has 1 atom stereocenters. The van der Waals surface area contributed by atoms with Crippen LogP contribution in [0.2, 0.25) is 0 Å². The molecule has 0 radical (unpaired) electrons. The minimum atomic E-state index is -0.561. The number of anilines is 1. The average Bonchev–Trinajstić information content (AvgIpc) is 3.02. The molecule has 1 aliphatic rings. The van der Waals surface area contributed by atoms with Gasteiger partial charge in [0.15, 0.2) is 0 Å². The van der Waals surface area contributed by atoms with Crippen molar-refractivity contribution in [2.45, 2.75) is 32.2 Å². The van der Waals surface area contributed by atoms with E-state index in [1.807, 2.05) is 54.3 Å². The van der Waals surface area contributed by atoms with Gasteiger partial charge in [0, 0.05) is 24.3 Å². The normalized spacial score (nSPS) is 14.1. The number of aryl methyl sites for hydroxylation is 1. The second-order valence-corrected chi connectivity index (χ2v) is 7.02. The van der Waals surface area contributed by atoms with E-state index in [0.717, 1.165) is 28.8 Å². The van der Waals surface area contributed by atoms with Crippen molar-refractivity contribution < 1.29 is 9.59 Å². The van der Waals surface area contributed by atoms with E-state index < -0.39 is 5.38 Å². The maximum atomic E-state index is 12.8. The molecule has 1 aliphatic heterocycles. The van der Waals surface area contributed by atoms with Crippen molar-refractivity contribution in [1.29, 1.82) is 0 Å². The Kier molecular flexibility index (Phi) is 5.09. The molecule has 0 aliphatic carbocycles. The number of nitrogens with zero attached hydrogens (tertiary/aromatic N) is 1. The van der Waals surface area contributed by atoms with Gasteiger partial charge in [0.2, 0.25) is 5.91 Å². The Morgan fingerprint density at radius 2 is 1.92 bits per heavy atom. The van der Waals surface area contributed by atoms with Crippen LogP contribution in [0.1, 0.15) is 34.0 Å².